The highest BCUT2D eigenvalue weighted by atomic mass is 19.4. The van der Waals surface area contributed by atoms with Gasteiger partial charge in [-0.3, -0.25) is 9.59 Å². The maximum absolute atomic E-state index is 12.5. The molecule has 0 fully saturated rings. The van der Waals surface area contributed by atoms with Crippen molar-refractivity contribution in [3.8, 4) is 0 Å². The van der Waals surface area contributed by atoms with Gasteiger partial charge in [-0.05, 0) is 24.6 Å². The van der Waals surface area contributed by atoms with E-state index in [1.54, 1.807) is 0 Å². The Labute approximate surface area is 106 Å². The molecule has 1 aliphatic rings. The van der Waals surface area contributed by atoms with Gasteiger partial charge in [0.15, 0.2) is 0 Å². The van der Waals surface area contributed by atoms with E-state index in [-0.39, 0.29) is 30.8 Å². The number of alkyl halides is 3. The molecule has 0 bridgehead atoms. The first kappa shape index (κ1) is 13.5. The van der Waals surface area contributed by atoms with Crippen molar-refractivity contribution in [1.29, 1.82) is 0 Å². The molecule has 0 saturated carbocycles. The molecule has 1 heterocycles. The quantitative estimate of drug-likeness (QED) is 0.851. The number of aliphatic hydroxyl groups is 1. The van der Waals surface area contributed by atoms with Gasteiger partial charge < -0.3 is 10.0 Å². The lowest BCUT2D eigenvalue weighted by Gasteiger charge is -2.16. The van der Waals surface area contributed by atoms with E-state index in [2.05, 4.69) is 0 Å². The summed E-state index contributed by atoms with van der Waals surface area (Å²) in [5.41, 5.74) is -1.04. The third kappa shape index (κ3) is 2.33. The largest absolute Gasteiger partial charge is 0.416 e. The molecule has 0 radical (unpaired) electrons. The van der Waals surface area contributed by atoms with Crippen molar-refractivity contribution in [1.82, 2.24) is 0 Å². The van der Waals surface area contributed by atoms with Crippen molar-refractivity contribution >= 4 is 17.4 Å². The van der Waals surface area contributed by atoms with Crippen LogP contribution in [-0.4, -0.2) is 29.9 Å². The molecule has 1 N–H and O–H groups in total. The third-order valence-electron chi connectivity index (χ3n) is 2.84. The summed E-state index contributed by atoms with van der Waals surface area (Å²) >= 11 is 0. The summed E-state index contributed by atoms with van der Waals surface area (Å²) in [6.07, 6.45) is -4.31. The van der Waals surface area contributed by atoms with Crippen LogP contribution in [0.4, 0.5) is 18.9 Å². The summed E-state index contributed by atoms with van der Waals surface area (Å²) in [5.74, 6) is -1.80. The van der Waals surface area contributed by atoms with E-state index in [1.807, 2.05) is 0 Å². The van der Waals surface area contributed by atoms with Crippen molar-refractivity contribution in [3.05, 3.63) is 29.3 Å². The van der Waals surface area contributed by atoms with Gasteiger partial charge in [0.2, 0.25) is 0 Å². The molecule has 1 aliphatic heterocycles. The van der Waals surface area contributed by atoms with Gasteiger partial charge in [-0.1, -0.05) is 0 Å². The molecule has 0 aliphatic carbocycles. The number of ketones is 1. The van der Waals surface area contributed by atoms with Gasteiger partial charge in [-0.2, -0.15) is 13.2 Å². The van der Waals surface area contributed by atoms with Crippen LogP contribution in [0.3, 0.4) is 0 Å². The minimum Gasteiger partial charge on any atom is -0.396 e. The summed E-state index contributed by atoms with van der Waals surface area (Å²) in [7, 11) is 0. The van der Waals surface area contributed by atoms with Crippen LogP contribution in [0.2, 0.25) is 0 Å². The van der Waals surface area contributed by atoms with Gasteiger partial charge in [-0.15, -0.1) is 0 Å². The van der Waals surface area contributed by atoms with Crippen molar-refractivity contribution in [3.63, 3.8) is 0 Å². The van der Waals surface area contributed by atoms with E-state index >= 15 is 0 Å². The van der Waals surface area contributed by atoms with Gasteiger partial charge in [0.05, 0.1) is 16.8 Å². The highest BCUT2D eigenvalue weighted by Crippen LogP contribution is 2.35. The lowest BCUT2D eigenvalue weighted by atomic mass is 10.1. The van der Waals surface area contributed by atoms with Gasteiger partial charge in [0.25, 0.3) is 11.7 Å². The Balaban J connectivity index is 2.41. The number of fused-ring (bicyclic) bond motifs is 1. The van der Waals surface area contributed by atoms with E-state index in [1.165, 1.54) is 0 Å². The predicted octanol–water partition coefficient (Wildman–Crippen LogP) is 1.62. The molecule has 4 nitrogen and oxygen atoms in total. The number of hydrogen-bond donors (Lipinski definition) is 1. The monoisotopic (exact) mass is 273 g/mol. The van der Waals surface area contributed by atoms with Crippen molar-refractivity contribution in [2.45, 2.75) is 12.6 Å². The topological polar surface area (TPSA) is 57.6 Å². The van der Waals surface area contributed by atoms with Gasteiger partial charge >= 0.3 is 6.18 Å². The zero-order valence-corrected chi connectivity index (χ0v) is 9.70. The second-order valence-electron chi connectivity index (χ2n) is 4.09. The Morgan fingerprint density at radius 3 is 2.47 bits per heavy atom. The summed E-state index contributed by atoms with van der Waals surface area (Å²) in [6, 6.07) is 2.63. The molecular formula is C12H10F3NO3. The van der Waals surface area contributed by atoms with E-state index in [9.17, 15) is 22.8 Å². The smallest absolute Gasteiger partial charge is 0.396 e. The molecular weight excluding hydrogens is 263 g/mol. The lowest BCUT2D eigenvalue weighted by molar-refractivity contribution is -0.137. The second kappa shape index (κ2) is 4.65. The molecule has 0 aromatic heterocycles. The number of hydrogen-bond acceptors (Lipinski definition) is 3. The minimum atomic E-state index is -4.56. The van der Waals surface area contributed by atoms with E-state index < -0.39 is 23.4 Å². The fourth-order valence-electron chi connectivity index (χ4n) is 1.93. The van der Waals surface area contributed by atoms with Gasteiger partial charge in [0, 0.05) is 13.2 Å². The van der Waals surface area contributed by atoms with Crippen LogP contribution in [0.15, 0.2) is 18.2 Å². The summed E-state index contributed by atoms with van der Waals surface area (Å²) in [4.78, 5) is 24.4. The SMILES string of the molecule is O=C1C(=O)N(CCCO)c2ccc(C(F)(F)F)cc21. The first-order valence-electron chi connectivity index (χ1n) is 5.54. The molecule has 0 saturated heterocycles. The first-order chi connectivity index (χ1) is 8.86. The van der Waals surface area contributed by atoms with Gasteiger partial charge in [0.1, 0.15) is 0 Å². The number of carbonyl (C=O) groups is 2. The molecule has 1 amide bonds. The lowest BCUT2D eigenvalue weighted by Crippen LogP contribution is -2.31. The Morgan fingerprint density at radius 2 is 1.89 bits per heavy atom. The molecule has 1 aromatic carbocycles. The summed E-state index contributed by atoms with van der Waals surface area (Å²) in [6.45, 7) is -0.0760. The molecule has 0 atom stereocenters. The first-order valence-corrected chi connectivity index (χ1v) is 5.54. The van der Waals surface area contributed by atoms with Crippen LogP contribution < -0.4 is 4.90 Å². The molecule has 0 unspecified atom stereocenters. The number of Topliss-reactive ketones (excluding diaryl/α,β-unsaturated/α-hetero) is 1. The fraction of sp³-hybridized carbons (Fsp3) is 0.333. The molecule has 2 rings (SSSR count). The number of carbonyl (C=O) groups excluding carboxylic acids is 2. The molecule has 102 valence electrons. The average molecular weight is 273 g/mol. The van der Waals surface area contributed by atoms with E-state index in [0.29, 0.717) is 6.07 Å². The minimum absolute atomic E-state index is 0.0967. The van der Waals surface area contributed by atoms with Gasteiger partial charge in [-0.25, -0.2) is 0 Å². The van der Waals surface area contributed by atoms with Crippen LogP contribution in [0.1, 0.15) is 22.3 Å². The number of benzene rings is 1. The molecule has 0 spiro atoms. The van der Waals surface area contributed by atoms with Crippen molar-refractivity contribution in [2.24, 2.45) is 0 Å². The summed E-state index contributed by atoms with van der Waals surface area (Å²) in [5, 5.41) is 8.71. The second-order valence-corrected chi connectivity index (χ2v) is 4.09. The van der Waals surface area contributed by atoms with E-state index in [0.717, 1.165) is 17.0 Å². The van der Waals surface area contributed by atoms with Crippen molar-refractivity contribution in [2.75, 3.05) is 18.1 Å². The highest BCUT2D eigenvalue weighted by Gasteiger charge is 2.38. The maximum atomic E-state index is 12.5. The Bertz CT molecular complexity index is 540. The number of amides is 1. The number of anilines is 1. The van der Waals surface area contributed by atoms with Crippen LogP contribution in [0.25, 0.3) is 0 Å². The maximum Gasteiger partial charge on any atom is 0.416 e. The van der Waals surface area contributed by atoms with E-state index in [4.69, 9.17) is 5.11 Å². The predicted molar refractivity (Wildman–Crippen MR) is 59.8 cm³/mol. The Hall–Kier alpha value is -1.89. The zero-order chi connectivity index (χ0) is 14.2. The summed E-state index contributed by atoms with van der Waals surface area (Å²) < 4.78 is 37.6. The Morgan fingerprint density at radius 1 is 1.21 bits per heavy atom. The number of nitrogens with zero attached hydrogens (tertiary/aromatic N) is 1. The van der Waals surface area contributed by atoms with Crippen molar-refractivity contribution < 1.29 is 27.9 Å². The molecule has 7 heteroatoms. The van der Waals surface area contributed by atoms with Crippen LogP contribution in [0.5, 0.6) is 0 Å². The third-order valence-corrected chi connectivity index (χ3v) is 2.84. The Kier molecular flexibility index (Phi) is 3.32. The standard InChI is InChI=1S/C12H10F3NO3/c13-12(14,15)7-2-3-9-8(6-7)10(18)11(19)16(9)4-1-5-17/h2-3,6,17H,1,4-5H2. The normalized spacial score (nSPS) is 15.1. The zero-order valence-electron chi connectivity index (χ0n) is 9.70. The van der Waals surface area contributed by atoms with Crippen LogP contribution >= 0.6 is 0 Å². The molecule has 19 heavy (non-hydrogen) atoms. The highest BCUT2D eigenvalue weighted by molar-refractivity contribution is 6.52. The van der Waals surface area contributed by atoms with Crippen LogP contribution in [0, 0.1) is 0 Å². The average Bonchev–Trinajstić information content (AvgIpc) is 2.59. The number of rotatable bonds is 3. The molecule has 1 aromatic rings. The fourth-order valence-corrected chi connectivity index (χ4v) is 1.93. The van der Waals surface area contributed by atoms with Crippen LogP contribution in [-0.2, 0) is 11.0 Å². The number of halogens is 3. The number of aliphatic hydroxyl groups excluding tert-OH is 1.